The molecule has 0 radical (unpaired) electrons. The fraction of sp³-hybridized carbons (Fsp3) is 0.714. The lowest BCUT2D eigenvalue weighted by Gasteiger charge is -2.20. The van der Waals surface area contributed by atoms with E-state index in [2.05, 4.69) is 47.8 Å². The first-order valence-electron chi connectivity index (χ1n) is 7.01. The van der Waals surface area contributed by atoms with Gasteiger partial charge in [0.2, 0.25) is 0 Å². The fourth-order valence-electron chi connectivity index (χ4n) is 1.60. The van der Waals surface area contributed by atoms with Gasteiger partial charge in [-0.15, -0.1) is 24.0 Å². The zero-order valence-corrected chi connectivity index (χ0v) is 16.8. The number of aromatic nitrogens is 2. The Kier molecular flexibility index (Phi) is 10.1. The smallest absolute Gasteiger partial charge is 0.191 e. The Hall–Kier alpha value is -0.440. The fourth-order valence-corrected chi connectivity index (χ4v) is 1.80. The lowest BCUT2D eigenvalue weighted by Crippen LogP contribution is -2.39. The van der Waals surface area contributed by atoms with Crippen molar-refractivity contribution in [3.05, 3.63) is 18.0 Å². The van der Waals surface area contributed by atoms with Crippen molar-refractivity contribution in [3.8, 4) is 0 Å². The molecule has 0 bridgehead atoms. The van der Waals surface area contributed by atoms with E-state index in [4.69, 9.17) is 0 Å². The summed E-state index contributed by atoms with van der Waals surface area (Å²) in [7, 11) is 1.94. The van der Waals surface area contributed by atoms with E-state index in [9.17, 15) is 0 Å². The molecule has 1 aromatic heterocycles. The Morgan fingerprint density at radius 2 is 2.14 bits per heavy atom. The molecule has 0 fully saturated rings. The highest BCUT2D eigenvalue weighted by Crippen LogP contribution is 2.20. The van der Waals surface area contributed by atoms with Crippen LogP contribution in [-0.4, -0.2) is 46.4 Å². The zero-order valence-electron chi connectivity index (χ0n) is 13.6. The van der Waals surface area contributed by atoms with Crippen molar-refractivity contribution in [2.24, 2.45) is 12.0 Å². The number of aryl methyl sites for hydroxylation is 1. The zero-order chi connectivity index (χ0) is 15.0. The number of rotatable bonds is 7. The number of guanidine groups is 1. The molecule has 122 valence electrons. The van der Waals surface area contributed by atoms with E-state index in [0.717, 1.165) is 32.0 Å². The predicted octanol–water partition coefficient (Wildman–Crippen LogP) is 2.28. The molecule has 1 aromatic rings. The first kappa shape index (κ1) is 20.6. The normalized spacial score (nSPS) is 12.0. The number of nitrogens with zero attached hydrogens (tertiary/aromatic N) is 3. The second-order valence-electron chi connectivity index (χ2n) is 5.36. The van der Waals surface area contributed by atoms with E-state index in [0.29, 0.717) is 0 Å². The molecule has 0 unspecified atom stereocenters. The summed E-state index contributed by atoms with van der Waals surface area (Å²) in [5.74, 6) is 0.888. The number of thioether (sulfide) groups is 1. The number of hydrogen-bond donors (Lipinski definition) is 2. The van der Waals surface area contributed by atoms with Crippen molar-refractivity contribution in [1.82, 2.24) is 20.4 Å². The van der Waals surface area contributed by atoms with Crippen LogP contribution < -0.4 is 10.6 Å². The van der Waals surface area contributed by atoms with E-state index >= 15 is 0 Å². The third kappa shape index (κ3) is 8.55. The van der Waals surface area contributed by atoms with Crippen LogP contribution in [0.1, 0.15) is 26.3 Å². The third-order valence-electron chi connectivity index (χ3n) is 2.98. The van der Waals surface area contributed by atoms with Gasteiger partial charge in [0.1, 0.15) is 0 Å². The highest BCUT2D eigenvalue weighted by Gasteiger charge is 2.15. The van der Waals surface area contributed by atoms with Crippen LogP contribution in [0.5, 0.6) is 0 Å². The van der Waals surface area contributed by atoms with Crippen LogP contribution in [0.2, 0.25) is 0 Å². The van der Waals surface area contributed by atoms with Gasteiger partial charge in [0.25, 0.3) is 0 Å². The largest absolute Gasteiger partial charge is 0.357 e. The number of halogens is 1. The molecule has 2 N–H and O–H groups in total. The van der Waals surface area contributed by atoms with Gasteiger partial charge >= 0.3 is 0 Å². The second-order valence-corrected chi connectivity index (χ2v) is 6.87. The van der Waals surface area contributed by atoms with Gasteiger partial charge in [-0.3, -0.25) is 9.67 Å². The maximum absolute atomic E-state index is 4.65. The Morgan fingerprint density at radius 3 is 2.67 bits per heavy atom. The molecule has 1 rings (SSSR count). The highest BCUT2D eigenvalue weighted by atomic mass is 127. The molecular formula is C14H28IN5S. The van der Waals surface area contributed by atoms with Crippen molar-refractivity contribution in [1.29, 1.82) is 0 Å². The Labute approximate surface area is 149 Å². The van der Waals surface area contributed by atoms with Gasteiger partial charge in [-0.2, -0.15) is 16.9 Å². The number of aliphatic imine (C=N–C) groups is 1. The Morgan fingerprint density at radius 1 is 1.43 bits per heavy atom. The average Bonchev–Trinajstić information content (AvgIpc) is 2.82. The minimum absolute atomic E-state index is 0. The number of nitrogens with one attached hydrogen (secondary N) is 2. The second kappa shape index (κ2) is 10.3. The monoisotopic (exact) mass is 425 g/mol. The molecule has 0 saturated carbocycles. The molecule has 0 aromatic carbocycles. The van der Waals surface area contributed by atoms with E-state index in [-0.39, 0.29) is 28.7 Å². The summed E-state index contributed by atoms with van der Waals surface area (Å²) in [6.45, 7) is 9.03. The Bertz CT molecular complexity index is 431. The summed E-state index contributed by atoms with van der Waals surface area (Å²) >= 11 is 1.84. The van der Waals surface area contributed by atoms with Crippen molar-refractivity contribution < 1.29 is 0 Å². The first-order valence-corrected chi connectivity index (χ1v) is 8.24. The summed E-state index contributed by atoms with van der Waals surface area (Å²) in [6.07, 6.45) is 7.02. The molecule has 0 amide bonds. The lowest BCUT2D eigenvalue weighted by molar-refractivity contribution is 0.710. The number of hydrogen-bond acceptors (Lipinski definition) is 3. The van der Waals surface area contributed by atoms with Gasteiger partial charge in [-0.1, -0.05) is 0 Å². The van der Waals surface area contributed by atoms with Gasteiger partial charge in [0.15, 0.2) is 5.96 Å². The summed E-state index contributed by atoms with van der Waals surface area (Å²) in [5.41, 5.74) is 1.24. The van der Waals surface area contributed by atoms with Crippen molar-refractivity contribution >= 4 is 41.7 Å². The molecule has 0 spiro atoms. The lowest BCUT2D eigenvalue weighted by atomic mass is 10.2. The van der Waals surface area contributed by atoms with Crippen LogP contribution in [0.4, 0.5) is 0 Å². The Balaban J connectivity index is 0.00000400. The summed E-state index contributed by atoms with van der Waals surface area (Å²) in [4.78, 5) is 4.65. The van der Waals surface area contributed by atoms with Crippen molar-refractivity contribution in [3.63, 3.8) is 0 Å². The van der Waals surface area contributed by atoms with Gasteiger partial charge in [0.05, 0.1) is 12.7 Å². The van der Waals surface area contributed by atoms with Crippen LogP contribution >= 0.6 is 35.7 Å². The topological polar surface area (TPSA) is 54.2 Å². The maximum atomic E-state index is 4.65. The van der Waals surface area contributed by atoms with Crippen LogP contribution in [0.15, 0.2) is 17.4 Å². The molecule has 5 nitrogen and oxygen atoms in total. The van der Waals surface area contributed by atoms with Crippen LogP contribution in [0, 0.1) is 0 Å². The SMILES string of the molecule is CCNC(=NCC(C)(C)SC)NCCc1cnn(C)c1.I. The van der Waals surface area contributed by atoms with E-state index in [1.807, 2.05) is 35.9 Å². The van der Waals surface area contributed by atoms with Crippen LogP contribution in [-0.2, 0) is 13.5 Å². The van der Waals surface area contributed by atoms with Crippen molar-refractivity contribution in [2.75, 3.05) is 25.9 Å². The van der Waals surface area contributed by atoms with Crippen LogP contribution in [0.3, 0.4) is 0 Å². The standard InChI is InChI=1S/C14H27N5S.HI/c1-6-15-13(17-11-14(2,3)20-5)16-8-7-12-9-18-19(4)10-12;/h9-10H,6-8,11H2,1-5H3,(H2,15,16,17);1H. The summed E-state index contributed by atoms with van der Waals surface area (Å²) < 4.78 is 2.00. The molecular weight excluding hydrogens is 397 g/mol. The summed E-state index contributed by atoms with van der Waals surface area (Å²) in [6, 6.07) is 0. The van der Waals surface area contributed by atoms with Crippen LogP contribution in [0.25, 0.3) is 0 Å². The van der Waals surface area contributed by atoms with Gasteiger partial charge in [-0.05, 0) is 39.0 Å². The molecule has 0 aliphatic carbocycles. The quantitative estimate of drug-likeness (QED) is 0.400. The molecule has 21 heavy (non-hydrogen) atoms. The van der Waals surface area contributed by atoms with Crippen molar-refractivity contribution in [2.45, 2.75) is 31.9 Å². The predicted molar refractivity (Wildman–Crippen MR) is 104 cm³/mol. The molecule has 0 saturated heterocycles. The highest BCUT2D eigenvalue weighted by molar-refractivity contribution is 14.0. The first-order chi connectivity index (χ1) is 9.46. The molecule has 0 aliphatic heterocycles. The summed E-state index contributed by atoms with van der Waals surface area (Å²) in [5, 5.41) is 10.8. The average molecular weight is 425 g/mol. The third-order valence-corrected chi connectivity index (χ3v) is 4.21. The molecule has 7 heteroatoms. The minimum atomic E-state index is 0. The molecule has 0 aliphatic rings. The van der Waals surface area contributed by atoms with Gasteiger partial charge in [-0.25, -0.2) is 0 Å². The van der Waals surface area contributed by atoms with Gasteiger partial charge < -0.3 is 10.6 Å². The van der Waals surface area contributed by atoms with Gasteiger partial charge in [0, 0.05) is 31.1 Å². The van der Waals surface area contributed by atoms with E-state index < -0.39 is 0 Å². The minimum Gasteiger partial charge on any atom is -0.357 e. The molecule has 0 atom stereocenters. The maximum Gasteiger partial charge on any atom is 0.191 e. The van der Waals surface area contributed by atoms with E-state index in [1.54, 1.807) is 0 Å². The van der Waals surface area contributed by atoms with E-state index in [1.165, 1.54) is 5.56 Å². The molecule has 1 heterocycles.